The van der Waals surface area contributed by atoms with Crippen LogP contribution in [0.5, 0.6) is 0 Å². The Labute approximate surface area is 111 Å². The Bertz CT molecular complexity index is 370. The fraction of sp³-hybridized carbons (Fsp3) is 0.300. The van der Waals surface area contributed by atoms with Gasteiger partial charge in [-0.15, -0.1) is 0 Å². The number of anilines is 1. The van der Waals surface area contributed by atoms with Crippen LogP contribution in [0.2, 0.25) is 0 Å². The third kappa shape index (κ3) is 3.73. The standard InChI is InChI=1S/C10H12BrIN2O/c1-2-9(13)10(15)14-6-3-4-7(11)8(12)5-6/h3-5,9H,2,13H2,1H3,(H,14,15)/t9-/m0/s1. The van der Waals surface area contributed by atoms with E-state index in [9.17, 15) is 4.79 Å². The van der Waals surface area contributed by atoms with Crippen LogP contribution in [0.1, 0.15) is 13.3 Å². The summed E-state index contributed by atoms with van der Waals surface area (Å²) in [6.45, 7) is 1.88. The first-order valence-corrected chi connectivity index (χ1v) is 6.43. The Balaban J connectivity index is 2.73. The average molecular weight is 383 g/mol. The molecule has 82 valence electrons. The highest BCUT2D eigenvalue weighted by molar-refractivity contribution is 14.1. The van der Waals surface area contributed by atoms with Gasteiger partial charge >= 0.3 is 0 Å². The van der Waals surface area contributed by atoms with Crippen LogP contribution in [-0.4, -0.2) is 11.9 Å². The highest BCUT2D eigenvalue weighted by atomic mass is 127. The van der Waals surface area contributed by atoms with Gasteiger partial charge in [0.2, 0.25) is 5.91 Å². The molecule has 1 aromatic carbocycles. The van der Waals surface area contributed by atoms with Crippen molar-refractivity contribution in [3.63, 3.8) is 0 Å². The average Bonchev–Trinajstić information content (AvgIpc) is 2.22. The molecule has 1 atom stereocenters. The molecule has 0 unspecified atom stereocenters. The third-order valence-corrected chi connectivity index (χ3v) is 4.29. The summed E-state index contributed by atoms with van der Waals surface area (Å²) in [5.41, 5.74) is 6.38. The molecule has 0 aliphatic rings. The van der Waals surface area contributed by atoms with Crippen molar-refractivity contribution in [2.45, 2.75) is 19.4 Å². The van der Waals surface area contributed by atoms with Crippen molar-refractivity contribution in [1.82, 2.24) is 0 Å². The first-order chi connectivity index (χ1) is 7.04. The van der Waals surface area contributed by atoms with E-state index >= 15 is 0 Å². The van der Waals surface area contributed by atoms with Gasteiger partial charge in [0.1, 0.15) is 0 Å². The first-order valence-electron chi connectivity index (χ1n) is 4.56. The van der Waals surface area contributed by atoms with Crippen LogP contribution >= 0.6 is 38.5 Å². The number of benzene rings is 1. The molecule has 3 nitrogen and oxygen atoms in total. The molecule has 0 heterocycles. The van der Waals surface area contributed by atoms with E-state index in [2.05, 4.69) is 43.8 Å². The zero-order valence-corrected chi connectivity index (χ0v) is 12.0. The normalized spacial score (nSPS) is 12.3. The monoisotopic (exact) mass is 382 g/mol. The maximum atomic E-state index is 11.5. The van der Waals surface area contributed by atoms with Gasteiger partial charge in [0.25, 0.3) is 0 Å². The third-order valence-electron chi connectivity index (χ3n) is 1.96. The molecule has 5 heteroatoms. The second-order valence-corrected chi connectivity index (χ2v) is 5.15. The van der Waals surface area contributed by atoms with Gasteiger partial charge < -0.3 is 11.1 Å². The van der Waals surface area contributed by atoms with Gasteiger partial charge in [-0.2, -0.15) is 0 Å². The van der Waals surface area contributed by atoms with E-state index in [1.54, 1.807) is 0 Å². The lowest BCUT2D eigenvalue weighted by atomic mass is 10.2. The zero-order chi connectivity index (χ0) is 11.4. The van der Waals surface area contributed by atoms with Crippen molar-refractivity contribution < 1.29 is 4.79 Å². The fourth-order valence-electron chi connectivity index (χ4n) is 0.994. The van der Waals surface area contributed by atoms with Gasteiger partial charge in [-0.25, -0.2) is 0 Å². The van der Waals surface area contributed by atoms with E-state index in [0.29, 0.717) is 6.42 Å². The first kappa shape index (κ1) is 12.9. The molecule has 0 bridgehead atoms. The van der Waals surface area contributed by atoms with Gasteiger partial charge in [-0.05, 0) is 63.1 Å². The number of hydrogen-bond donors (Lipinski definition) is 2. The van der Waals surface area contributed by atoms with E-state index in [-0.39, 0.29) is 5.91 Å². The summed E-state index contributed by atoms with van der Waals surface area (Å²) in [5.74, 6) is -0.143. The van der Waals surface area contributed by atoms with Gasteiger partial charge in [0.15, 0.2) is 0 Å². The van der Waals surface area contributed by atoms with Crippen LogP contribution in [0, 0.1) is 3.57 Å². The second-order valence-electron chi connectivity index (χ2n) is 3.13. The number of rotatable bonds is 3. The molecule has 0 spiro atoms. The quantitative estimate of drug-likeness (QED) is 0.789. The van der Waals surface area contributed by atoms with Crippen molar-refractivity contribution >= 4 is 50.1 Å². The number of amides is 1. The Morgan fingerprint density at radius 2 is 2.33 bits per heavy atom. The van der Waals surface area contributed by atoms with Crippen LogP contribution in [0.3, 0.4) is 0 Å². The number of halogens is 2. The number of nitrogens with two attached hydrogens (primary N) is 1. The van der Waals surface area contributed by atoms with Gasteiger partial charge in [-0.3, -0.25) is 4.79 Å². The lowest BCUT2D eigenvalue weighted by Crippen LogP contribution is -2.34. The molecule has 15 heavy (non-hydrogen) atoms. The molecule has 0 saturated carbocycles. The van der Waals surface area contributed by atoms with E-state index < -0.39 is 6.04 Å². The van der Waals surface area contributed by atoms with E-state index in [4.69, 9.17) is 5.73 Å². The van der Waals surface area contributed by atoms with Crippen molar-refractivity contribution in [2.24, 2.45) is 5.73 Å². The zero-order valence-electron chi connectivity index (χ0n) is 8.26. The highest BCUT2D eigenvalue weighted by Gasteiger charge is 2.11. The maximum absolute atomic E-state index is 11.5. The van der Waals surface area contributed by atoms with Crippen molar-refractivity contribution in [1.29, 1.82) is 0 Å². The molecular formula is C10H12BrIN2O. The predicted octanol–water partition coefficient (Wildman–Crippen LogP) is 2.73. The summed E-state index contributed by atoms with van der Waals surface area (Å²) >= 11 is 5.59. The lowest BCUT2D eigenvalue weighted by Gasteiger charge is -2.10. The molecule has 0 aliphatic heterocycles. The molecular weight excluding hydrogens is 371 g/mol. The SMILES string of the molecule is CC[C@H](N)C(=O)Nc1ccc(Br)c(I)c1. The Hall–Kier alpha value is -0.140. The highest BCUT2D eigenvalue weighted by Crippen LogP contribution is 2.22. The van der Waals surface area contributed by atoms with Gasteiger partial charge in [-0.1, -0.05) is 6.92 Å². The van der Waals surface area contributed by atoms with Crippen LogP contribution < -0.4 is 11.1 Å². The summed E-state index contributed by atoms with van der Waals surface area (Å²) in [6.07, 6.45) is 0.638. The van der Waals surface area contributed by atoms with E-state index in [1.165, 1.54) is 0 Å². The Morgan fingerprint density at radius 3 is 2.87 bits per heavy atom. The summed E-state index contributed by atoms with van der Waals surface area (Å²) in [5, 5.41) is 2.77. The predicted molar refractivity (Wildman–Crippen MR) is 73.8 cm³/mol. The van der Waals surface area contributed by atoms with E-state index in [0.717, 1.165) is 13.7 Å². The molecule has 0 aliphatic carbocycles. The lowest BCUT2D eigenvalue weighted by molar-refractivity contribution is -0.117. The summed E-state index contributed by atoms with van der Waals surface area (Å²) in [6, 6.07) is 5.19. The minimum absolute atomic E-state index is 0.143. The van der Waals surface area contributed by atoms with Crippen molar-refractivity contribution in [3.05, 3.63) is 26.2 Å². The fourth-order valence-corrected chi connectivity index (χ4v) is 1.76. The minimum Gasteiger partial charge on any atom is -0.325 e. The second kappa shape index (κ2) is 5.81. The van der Waals surface area contributed by atoms with Crippen LogP contribution in [0.15, 0.2) is 22.7 Å². The van der Waals surface area contributed by atoms with Crippen LogP contribution in [-0.2, 0) is 4.79 Å². The summed E-state index contributed by atoms with van der Waals surface area (Å²) < 4.78 is 2.07. The molecule has 1 aromatic rings. The number of hydrogen-bond acceptors (Lipinski definition) is 2. The Morgan fingerprint density at radius 1 is 1.67 bits per heavy atom. The molecule has 3 N–H and O–H groups in total. The van der Waals surface area contributed by atoms with Crippen molar-refractivity contribution in [3.8, 4) is 0 Å². The summed E-state index contributed by atoms with van der Waals surface area (Å²) in [4.78, 5) is 11.5. The smallest absolute Gasteiger partial charge is 0.241 e. The molecule has 0 radical (unpaired) electrons. The topological polar surface area (TPSA) is 55.1 Å². The molecule has 0 aromatic heterocycles. The molecule has 0 saturated heterocycles. The number of nitrogens with one attached hydrogen (secondary N) is 1. The van der Waals surface area contributed by atoms with E-state index in [1.807, 2.05) is 25.1 Å². The molecule has 1 amide bonds. The largest absolute Gasteiger partial charge is 0.325 e. The van der Waals surface area contributed by atoms with Gasteiger partial charge in [0.05, 0.1) is 6.04 Å². The molecule has 0 fully saturated rings. The number of carbonyl (C=O) groups is 1. The van der Waals surface area contributed by atoms with Crippen LogP contribution in [0.4, 0.5) is 5.69 Å². The minimum atomic E-state index is -0.439. The van der Waals surface area contributed by atoms with Crippen molar-refractivity contribution in [2.75, 3.05) is 5.32 Å². The van der Waals surface area contributed by atoms with Crippen LogP contribution in [0.25, 0.3) is 0 Å². The number of carbonyl (C=O) groups excluding carboxylic acids is 1. The molecule has 1 rings (SSSR count). The van der Waals surface area contributed by atoms with Gasteiger partial charge in [0, 0.05) is 13.7 Å². The summed E-state index contributed by atoms with van der Waals surface area (Å²) in [7, 11) is 0. The Kier molecular flexibility index (Phi) is 5.01. The maximum Gasteiger partial charge on any atom is 0.241 e.